The van der Waals surface area contributed by atoms with Gasteiger partial charge in [-0.25, -0.2) is 13.1 Å². The van der Waals surface area contributed by atoms with Crippen molar-refractivity contribution in [1.29, 1.82) is 0 Å². The fourth-order valence-electron chi connectivity index (χ4n) is 1.21. The fraction of sp³-hybridized carbons (Fsp3) is 0.500. The number of alkyl halides is 1. The van der Waals surface area contributed by atoms with Gasteiger partial charge in [0, 0.05) is 28.2 Å². The number of hydrogen-bond acceptors (Lipinski definition) is 3. The summed E-state index contributed by atoms with van der Waals surface area (Å²) in [5.74, 6) is 0. The number of aromatic nitrogens is 1. The maximum Gasteiger partial charge on any atom is 0.242 e. The number of sulfonamides is 1. The van der Waals surface area contributed by atoms with Crippen molar-refractivity contribution in [3.05, 3.63) is 22.9 Å². The van der Waals surface area contributed by atoms with Crippen LogP contribution in [0.5, 0.6) is 0 Å². The summed E-state index contributed by atoms with van der Waals surface area (Å²) < 4.78 is 26.9. The average molecular weight is 386 g/mol. The zero-order chi connectivity index (χ0) is 12.9. The second kappa shape index (κ2) is 6.82. The lowest BCUT2D eigenvalue weighted by Crippen LogP contribution is -2.25. The molecule has 0 fully saturated rings. The molecule has 0 amide bonds. The topological polar surface area (TPSA) is 59.1 Å². The van der Waals surface area contributed by atoms with E-state index in [1.54, 1.807) is 6.20 Å². The van der Waals surface area contributed by atoms with Crippen LogP contribution in [0.15, 0.2) is 27.8 Å². The fourth-order valence-corrected chi connectivity index (χ4v) is 3.11. The van der Waals surface area contributed by atoms with Gasteiger partial charge in [-0.05, 0) is 34.8 Å². The van der Waals surface area contributed by atoms with Gasteiger partial charge in [-0.2, -0.15) is 0 Å². The van der Waals surface area contributed by atoms with Crippen LogP contribution in [-0.4, -0.2) is 24.8 Å². The minimum absolute atomic E-state index is 0.179. The normalized spacial score (nSPS) is 13.6. The first kappa shape index (κ1) is 15.1. The molecule has 0 radical (unpaired) electrons. The monoisotopic (exact) mass is 384 g/mol. The molecule has 0 aliphatic carbocycles. The Kier molecular flexibility index (Phi) is 6.05. The highest BCUT2D eigenvalue weighted by Crippen LogP contribution is 2.14. The maximum atomic E-state index is 11.8. The predicted octanol–water partition coefficient (Wildman–Crippen LogP) is 2.69. The van der Waals surface area contributed by atoms with E-state index < -0.39 is 10.0 Å². The van der Waals surface area contributed by atoms with Crippen molar-refractivity contribution in [1.82, 2.24) is 9.71 Å². The van der Waals surface area contributed by atoms with Crippen LogP contribution in [0.4, 0.5) is 0 Å². The van der Waals surface area contributed by atoms with Crippen LogP contribution in [0, 0.1) is 0 Å². The van der Waals surface area contributed by atoms with Gasteiger partial charge in [0.25, 0.3) is 0 Å². The molecule has 0 aliphatic heterocycles. The van der Waals surface area contributed by atoms with Gasteiger partial charge in [0.05, 0.1) is 0 Å². The van der Waals surface area contributed by atoms with Crippen molar-refractivity contribution in [2.75, 3.05) is 6.54 Å². The Labute approximate surface area is 119 Å². The summed E-state index contributed by atoms with van der Waals surface area (Å²) in [6.07, 6.45) is 4.61. The summed E-state index contributed by atoms with van der Waals surface area (Å²) in [4.78, 5) is 4.42. The molecule has 4 nitrogen and oxygen atoms in total. The summed E-state index contributed by atoms with van der Waals surface area (Å²) in [6.45, 7) is 2.47. The largest absolute Gasteiger partial charge is 0.262 e. The second-order valence-electron chi connectivity index (χ2n) is 3.66. The second-order valence-corrected chi connectivity index (χ2v) is 7.91. The first-order chi connectivity index (χ1) is 7.92. The van der Waals surface area contributed by atoms with E-state index in [9.17, 15) is 8.42 Å². The zero-order valence-corrected chi connectivity index (χ0v) is 13.3. The Morgan fingerprint density at radius 3 is 2.76 bits per heavy atom. The van der Waals surface area contributed by atoms with Crippen molar-refractivity contribution in [2.24, 2.45) is 0 Å². The SMILES string of the molecule is CC(Br)CCCNS(=O)(=O)c1cncc(Br)c1. The third-order valence-corrected chi connectivity index (χ3v) is 4.38. The van der Waals surface area contributed by atoms with Crippen LogP contribution in [0.2, 0.25) is 0 Å². The van der Waals surface area contributed by atoms with E-state index in [2.05, 4.69) is 41.6 Å². The smallest absolute Gasteiger partial charge is 0.242 e. The Hall–Kier alpha value is 0.0200. The van der Waals surface area contributed by atoms with Gasteiger partial charge in [0.15, 0.2) is 0 Å². The lowest BCUT2D eigenvalue weighted by molar-refractivity contribution is 0.576. The van der Waals surface area contributed by atoms with Crippen LogP contribution < -0.4 is 4.72 Å². The van der Waals surface area contributed by atoms with Crippen molar-refractivity contribution in [3.63, 3.8) is 0 Å². The van der Waals surface area contributed by atoms with Crippen LogP contribution in [0.25, 0.3) is 0 Å². The molecule has 0 spiro atoms. The molecule has 0 aliphatic rings. The van der Waals surface area contributed by atoms with Crippen molar-refractivity contribution < 1.29 is 8.42 Å². The van der Waals surface area contributed by atoms with Crippen LogP contribution in [0.3, 0.4) is 0 Å². The molecule has 0 bridgehead atoms. The summed E-state index contributed by atoms with van der Waals surface area (Å²) in [5, 5.41) is 0. The number of hydrogen-bond donors (Lipinski definition) is 1. The van der Waals surface area contributed by atoms with E-state index in [4.69, 9.17) is 0 Å². The van der Waals surface area contributed by atoms with Gasteiger partial charge in [-0.3, -0.25) is 4.98 Å². The summed E-state index contributed by atoms with van der Waals surface area (Å²) in [6, 6.07) is 1.53. The number of pyridine rings is 1. The molecule has 0 saturated heterocycles. The molecular weight excluding hydrogens is 372 g/mol. The van der Waals surface area contributed by atoms with Crippen LogP contribution in [-0.2, 0) is 10.0 Å². The molecule has 1 aromatic heterocycles. The maximum absolute atomic E-state index is 11.8. The molecule has 1 heterocycles. The van der Waals surface area contributed by atoms with E-state index in [1.807, 2.05) is 6.92 Å². The molecule has 1 unspecified atom stereocenters. The average Bonchev–Trinajstić information content (AvgIpc) is 2.24. The molecular formula is C10H14Br2N2O2S. The molecule has 1 aromatic rings. The lowest BCUT2D eigenvalue weighted by Gasteiger charge is -2.07. The summed E-state index contributed by atoms with van der Waals surface area (Å²) in [5.41, 5.74) is 0. The third kappa shape index (κ3) is 5.46. The van der Waals surface area contributed by atoms with E-state index in [0.717, 1.165) is 12.8 Å². The highest BCUT2D eigenvalue weighted by atomic mass is 79.9. The Morgan fingerprint density at radius 1 is 1.47 bits per heavy atom. The molecule has 96 valence electrons. The Morgan fingerprint density at radius 2 is 2.18 bits per heavy atom. The van der Waals surface area contributed by atoms with Gasteiger partial charge < -0.3 is 0 Å². The minimum Gasteiger partial charge on any atom is -0.262 e. The van der Waals surface area contributed by atoms with Gasteiger partial charge in [-0.1, -0.05) is 22.9 Å². The molecule has 7 heteroatoms. The van der Waals surface area contributed by atoms with Gasteiger partial charge in [0.2, 0.25) is 10.0 Å². The standard InChI is InChI=1S/C10H14Br2N2O2S/c1-8(11)3-2-4-14-17(15,16)10-5-9(12)6-13-7-10/h5-8,14H,2-4H2,1H3. The van der Waals surface area contributed by atoms with Gasteiger partial charge in [0.1, 0.15) is 4.90 Å². The zero-order valence-electron chi connectivity index (χ0n) is 9.36. The molecule has 17 heavy (non-hydrogen) atoms. The summed E-state index contributed by atoms with van der Waals surface area (Å²) in [7, 11) is -3.44. The first-order valence-electron chi connectivity index (χ1n) is 5.16. The highest BCUT2D eigenvalue weighted by molar-refractivity contribution is 9.10. The molecule has 1 atom stereocenters. The summed E-state index contributed by atoms with van der Waals surface area (Å²) >= 11 is 6.61. The highest BCUT2D eigenvalue weighted by Gasteiger charge is 2.13. The Balaban J connectivity index is 2.57. The number of halogens is 2. The van der Waals surface area contributed by atoms with E-state index >= 15 is 0 Å². The van der Waals surface area contributed by atoms with Gasteiger partial charge in [-0.15, -0.1) is 0 Å². The molecule has 0 aromatic carbocycles. The van der Waals surface area contributed by atoms with Crippen LogP contribution >= 0.6 is 31.9 Å². The molecule has 1 rings (SSSR count). The Bertz CT molecular complexity index is 463. The number of nitrogens with zero attached hydrogens (tertiary/aromatic N) is 1. The van der Waals surface area contributed by atoms with Crippen molar-refractivity contribution >= 4 is 41.9 Å². The minimum atomic E-state index is -3.44. The van der Waals surface area contributed by atoms with Crippen molar-refractivity contribution in [3.8, 4) is 0 Å². The van der Waals surface area contributed by atoms with Gasteiger partial charge >= 0.3 is 0 Å². The van der Waals surface area contributed by atoms with E-state index in [0.29, 0.717) is 15.8 Å². The molecule has 0 saturated carbocycles. The van der Waals surface area contributed by atoms with E-state index in [1.165, 1.54) is 12.3 Å². The predicted molar refractivity (Wildman–Crippen MR) is 74.7 cm³/mol. The van der Waals surface area contributed by atoms with Crippen molar-refractivity contribution in [2.45, 2.75) is 29.5 Å². The van der Waals surface area contributed by atoms with E-state index in [-0.39, 0.29) is 4.90 Å². The molecule has 1 N–H and O–H groups in total. The number of rotatable bonds is 6. The lowest BCUT2D eigenvalue weighted by atomic mass is 10.2. The number of nitrogens with one attached hydrogen (secondary N) is 1. The third-order valence-electron chi connectivity index (χ3n) is 2.06. The quantitative estimate of drug-likeness (QED) is 0.604. The van der Waals surface area contributed by atoms with Crippen LogP contribution in [0.1, 0.15) is 19.8 Å². The first-order valence-corrected chi connectivity index (χ1v) is 8.35.